The molecule has 100 valence electrons. The third-order valence-corrected chi connectivity index (χ3v) is 2.84. The maximum absolute atomic E-state index is 5.94. The lowest BCUT2D eigenvalue weighted by Crippen LogP contribution is -2.18. The molecule has 0 bridgehead atoms. The predicted molar refractivity (Wildman–Crippen MR) is 78.4 cm³/mol. The monoisotopic (exact) mass is 277 g/mol. The highest BCUT2D eigenvalue weighted by molar-refractivity contribution is 6.28. The zero-order chi connectivity index (χ0) is 14.0. The van der Waals surface area contributed by atoms with Crippen LogP contribution in [-0.4, -0.2) is 36.1 Å². The van der Waals surface area contributed by atoms with Gasteiger partial charge in [0.15, 0.2) is 0 Å². The Morgan fingerprint density at radius 1 is 1.00 bits per heavy atom. The van der Waals surface area contributed by atoms with Gasteiger partial charge in [-0.05, 0) is 36.2 Å². The van der Waals surface area contributed by atoms with E-state index < -0.39 is 0 Å². The Balaban J connectivity index is 2.41. The van der Waals surface area contributed by atoms with Gasteiger partial charge in [-0.2, -0.15) is 15.0 Å². The molecule has 1 aromatic carbocycles. The van der Waals surface area contributed by atoms with Gasteiger partial charge in [0.1, 0.15) is 0 Å². The summed E-state index contributed by atoms with van der Waals surface area (Å²) in [5.41, 5.74) is 2.18. The Morgan fingerprint density at radius 2 is 1.68 bits per heavy atom. The first-order valence-electron chi connectivity index (χ1n) is 5.86. The van der Waals surface area contributed by atoms with Crippen molar-refractivity contribution in [2.24, 2.45) is 0 Å². The number of rotatable bonds is 3. The van der Waals surface area contributed by atoms with Crippen molar-refractivity contribution in [2.75, 3.05) is 30.9 Å². The Labute approximate surface area is 117 Å². The van der Waals surface area contributed by atoms with E-state index in [4.69, 9.17) is 11.6 Å². The summed E-state index contributed by atoms with van der Waals surface area (Å²) in [5.74, 6) is 1.06. The van der Waals surface area contributed by atoms with Gasteiger partial charge in [0.05, 0.1) is 0 Å². The van der Waals surface area contributed by atoms with Crippen molar-refractivity contribution in [3.63, 3.8) is 0 Å². The molecule has 0 atom stereocenters. The lowest BCUT2D eigenvalue weighted by molar-refractivity contribution is 0.930. The molecule has 0 saturated carbocycles. The van der Waals surface area contributed by atoms with Gasteiger partial charge >= 0.3 is 0 Å². The van der Waals surface area contributed by atoms with E-state index in [1.807, 2.05) is 51.2 Å². The summed E-state index contributed by atoms with van der Waals surface area (Å²) in [6, 6.07) is 8.10. The van der Waals surface area contributed by atoms with E-state index in [-0.39, 0.29) is 5.28 Å². The number of hydrogen-bond donors (Lipinski definition) is 0. The van der Waals surface area contributed by atoms with Gasteiger partial charge in [0.25, 0.3) is 0 Å². The molecular weight excluding hydrogens is 262 g/mol. The molecule has 5 nitrogen and oxygen atoms in total. The Kier molecular flexibility index (Phi) is 3.85. The molecular formula is C13H16ClN5. The molecule has 2 aromatic rings. The Bertz CT molecular complexity index is 585. The van der Waals surface area contributed by atoms with Crippen LogP contribution in [0.5, 0.6) is 0 Å². The van der Waals surface area contributed by atoms with Crippen LogP contribution in [0.15, 0.2) is 24.3 Å². The minimum absolute atomic E-state index is 0.188. The van der Waals surface area contributed by atoms with Crippen molar-refractivity contribution in [3.05, 3.63) is 35.1 Å². The molecule has 0 aliphatic rings. The highest BCUT2D eigenvalue weighted by Gasteiger charge is 2.12. The maximum Gasteiger partial charge on any atom is 0.235 e. The van der Waals surface area contributed by atoms with Crippen LogP contribution in [0, 0.1) is 6.92 Å². The molecule has 1 heterocycles. The number of aromatic nitrogens is 3. The van der Waals surface area contributed by atoms with E-state index >= 15 is 0 Å². The lowest BCUT2D eigenvalue weighted by atomic mass is 10.2. The van der Waals surface area contributed by atoms with E-state index in [0.29, 0.717) is 11.9 Å². The maximum atomic E-state index is 5.94. The van der Waals surface area contributed by atoms with E-state index in [0.717, 1.165) is 5.69 Å². The fraction of sp³-hybridized carbons (Fsp3) is 0.308. The number of hydrogen-bond acceptors (Lipinski definition) is 5. The van der Waals surface area contributed by atoms with Crippen LogP contribution in [0.25, 0.3) is 0 Å². The summed E-state index contributed by atoms with van der Waals surface area (Å²) in [5, 5.41) is 0.188. The normalized spacial score (nSPS) is 10.4. The van der Waals surface area contributed by atoms with Gasteiger partial charge in [-0.3, -0.25) is 0 Å². The molecule has 0 aliphatic carbocycles. The minimum atomic E-state index is 0.188. The van der Waals surface area contributed by atoms with Gasteiger partial charge in [-0.15, -0.1) is 0 Å². The molecule has 0 unspecified atom stereocenters. The molecule has 2 rings (SSSR count). The summed E-state index contributed by atoms with van der Waals surface area (Å²) >= 11 is 5.94. The summed E-state index contributed by atoms with van der Waals surface area (Å²) in [6.07, 6.45) is 0. The van der Waals surface area contributed by atoms with E-state index in [1.54, 1.807) is 4.90 Å². The van der Waals surface area contributed by atoms with Gasteiger partial charge < -0.3 is 9.80 Å². The second kappa shape index (κ2) is 5.40. The van der Waals surface area contributed by atoms with E-state index in [2.05, 4.69) is 21.0 Å². The number of anilines is 3. The molecule has 0 radical (unpaired) electrons. The average molecular weight is 278 g/mol. The summed E-state index contributed by atoms with van der Waals surface area (Å²) in [7, 11) is 5.63. The lowest BCUT2D eigenvalue weighted by Gasteiger charge is -2.19. The SMILES string of the molecule is Cc1cccc(N(C)c2nc(Cl)nc(N(C)C)n2)c1. The Morgan fingerprint density at radius 3 is 2.32 bits per heavy atom. The van der Waals surface area contributed by atoms with Crippen molar-refractivity contribution >= 4 is 29.2 Å². The van der Waals surface area contributed by atoms with Crippen molar-refractivity contribution in [1.82, 2.24) is 15.0 Å². The number of aryl methyl sites for hydroxylation is 1. The van der Waals surface area contributed by atoms with Crippen LogP contribution >= 0.6 is 11.6 Å². The van der Waals surface area contributed by atoms with Gasteiger partial charge in [-0.1, -0.05) is 12.1 Å². The van der Waals surface area contributed by atoms with Crippen LogP contribution in [0.2, 0.25) is 5.28 Å². The first-order chi connectivity index (χ1) is 8.97. The third-order valence-electron chi connectivity index (χ3n) is 2.67. The zero-order valence-corrected chi connectivity index (χ0v) is 12.2. The van der Waals surface area contributed by atoms with Crippen LogP contribution in [0.3, 0.4) is 0 Å². The van der Waals surface area contributed by atoms with Crippen molar-refractivity contribution < 1.29 is 0 Å². The molecule has 0 fully saturated rings. The van der Waals surface area contributed by atoms with E-state index in [1.165, 1.54) is 5.56 Å². The molecule has 0 aliphatic heterocycles. The van der Waals surface area contributed by atoms with Gasteiger partial charge in [0, 0.05) is 26.8 Å². The van der Waals surface area contributed by atoms with Crippen molar-refractivity contribution in [1.29, 1.82) is 0 Å². The molecule has 0 saturated heterocycles. The fourth-order valence-electron chi connectivity index (χ4n) is 1.63. The summed E-state index contributed by atoms with van der Waals surface area (Å²) in [6.45, 7) is 2.04. The van der Waals surface area contributed by atoms with Crippen LogP contribution in [0.4, 0.5) is 17.6 Å². The highest BCUT2D eigenvalue weighted by Crippen LogP contribution is 2.23. The van der Waals surface area contributed by atoms with Crippen molar-refractivity contribution in [2.45, 2.75) is 6.92 Å². The van der Waals surface area contributed by atoms with Gasteiger partial charge in [-0.25, -0.2) is 0 Å². The van der Waals surface area contributed by atoms with Gasteiger partial charge in [0.2, 0.25) is 17.2 Å². The quantitative estimate of drug-likeness (QED) is 0.863. The molecule has 1 aromatic heterocycles. The minimum Gasteiger partial charge on any atom is -0.347 e. The van der Waals surface area contributed by atoms with Crippen LogP contribution in [-0.2, 0) is 0 Å². The number of nitrogens with zero attached hydrogens (tertiary/aromatic N) is 5. The summed E-state index contributed by atoms with van der Waals surface area (Å²) < 4.78 is 0. The number of benzene rings is 1. The third kappa shape index (κ3) is 3.12. The number of halogens is 1. The van der Waals surface area contributed by atoms with Crippen LogP contribution in [0.1, 0.15) is 5.56 Å². The zero-order valence-electron chi connectivity index (χ0n) is 11.4. The smallest absolute Gasteiger partial charge is 0.235 e. The largest absolute Gasteiger partial charge is 0.347 e. The standard InChI is InChI=1S/C13H16ClN5/c1-9-6-5-7-10(8-9)19(4)13-16-11(14)15-12(17-13)18(2)3/h5-8H,1-4H3. The highest BCUT2D eigenvalue weighted by atomic mass is 35.5. The topological polar surface area (TPSA) is 45.2 Å². The van der Waals surface area contributed by atoms with Crippen molar-refractivity contribution in [3.8, 4) is 0 Å². The molecule has 6 heteroatoms. The van der Waals surface area contributed by atoms with Crippen LogP contribution < -0.4 is 9.80 Å². The first-order valence-corrected chi connectivity index (χ1v) is 6.24. The second-order valence-electron chi connectivity index (χ2n) is 4.50. The fourth-order valence-corrected chi connectivity index (χ4v) is 1.78. The van der Waals surface area contributed by atoms with E-state index in [9.17, 15) is 0 Å². The molecule has 0 amide bonds. The molecule has 0 spiro atoms. The summed E-state index contributed by atoms with van der Waals surface area (Å²) in [4.78, 5) is 16.3. The second-order valence-corrected chi connectivity index (χ2v) is 4.83. The predicted octanol–water partition coefficient (Wildman–Crippen LogP) is 2.67. The average Bonchev–Trinajstić information content (AvgIpc) is 2.37. The Hall–Kier alpha value is -1.88. The molecule has 0 N–H and O–H groups in total. The molecule has 19 heavy (non-hydrogen) atoms. The first kappa shape index (κ1) is 13.5.